The summed E-state index contributed by atoms with van der Waals surface area (Å²) < 4.78 is 25.1. The topological polar surface area (TPSA) is 84.2 Å². The lowest BCUT2D eigenvalue weighted by molar-refractivity contribution is 0.584. The van der Waals surface area contributed by atoms with Crippen molar-refractivity contribution in [1.29, 1.82) is 0 Å². The summed E-state index contributed by atoms with van der Waals surface area (Å²) in [6.45, 7) is 2.43. The van der Waals surface area contributed by atoms with Crippen molar-refractivity contribution in [2.24, 2.45) is 0 Å². The molecule has 1 aromatic carbocycles. The summed E-state index contributed by atoms with van der Waals surface area (Å²) in [6.07, 6.45) is 0. The van der Waals surface area contributed by atoms with Crippen molar-refractivity contribution in [2.75, 3.05) is 29.9 Å². The van der Waals surface area contributed by atoms with E-state index in [1.54, 1.807) is 25.1 Å². The molecule has 1 rings (SSSR count). The second-order valence-corrected chi connectivity index (χ2v) is 5.84. The van der Waals surface area contributed by atoms with E-state index in [0.29, 0.717) is 29.5 Å². The molecule has 17 heavy (non-hydrogen) atoms. The molecule has 1 aromatic rings. The van der Waals surface area contributed by atoms with E-state index in [1.807, 2.05) is 0 Å². The second kappa shape index (κ2) is 6.09. The lowest BCUT2D eigenvalue weighted by Gasteiger charge is -2.10. The van der Waals surface area contributed by atoms with Gasteiger partial charge in [0.15, 0.2) is 0 Å². The van der Waals surface area contributed by atoms with E-state index in [9.17, 15) is 8.42 Å². The summed E-state index contributed by atoms with van der Waals surface area (Å²) in [7, 11) is -3.20. The summed E-state index contributed by atoms with van der Waals surface area (Å²) in [5, 5.41) is 3.50. The van der Waals surface area contributed by atoms with Gasteiger partial charge in [-0.2, -0.15) is 0 Å². The van der Waals surface area contributed by atoms with E-state index in [4.69, 9.17) is 17.3 Å². The first-order valence-electron chi connectivity index (χ1n) is 5.21. The molecule has 0 heterocycles. The molecular formula is C10H16ClN3O2S. The number of anilines is 2. The van der Waals surface area contributed by atoms with E-state index in [2.05, 4.69) is 10.0 Å². The molecule has 0 fully saturated rings. The standard InChI is InChI=1S/C10H16ClN3O2S/c1-2-14-17(15,16)6-5-13-10-4-3-8(11)7-9(10)12/h3-4,7,13-14H,2,5-6,12H2,1H3. The van der Waals surface area contributed by atoms with E-state index in [0.717, 1.165) is 0 Å². The Morgan fingerprint density at radius 3 is 2.71 bits per heavy atom. The number of halogens is 1. The van der Waals surface area contributed by atoms with Gasteiger partial charge in [-0.15, -0.1) is 0 Å². The minimum atomic E-state index is -3.20. The normalized spacial score (nSPS) is 11.4. The predicted molar refractivity (Wildman–Crippen MR) is 71.8 cm³/mol. The van der Waals surface area contributed by atoms with Crippen LogP contribution in [0.1, 0.15) is 6.92 Å². The zero-order valence-corrected chi connectivity index (χ0v) is 11.1. The fraction of sp³-hybridized carbons (Fsp3) is 0.400. The van der Waals surface area contributed by atoms with Crippen molar-refractivity contribution in [3.8, 4) is 0 Å². The number of sulfonamides is 1. The van der Waals surface area contributed by atoms with Crippen molar-refractivity contribution in [1.82, 2.24) is 4.72 Å². The summed E-state index contributed by atoms with van der Waals surface area (Å²) in [4.78, 5) is 0. The maximum atomic E-state index is 11.4. The van der Waals surface area contributed by atoms with Gasteiger partial charge in [0.05, 0.1) is 17.1 Å². The number of nitrogens with one attached hydrogen (secondary N) is 2. The van der Waals surface area contributed by atoms with Crippen LogP contribution >= 0.6 is 11.6 Å². The smallest absolute Gasteiger partial charge is 0.213 e. The third kappa shape index (κ3) is 4.80. The van der Waals surface area contributed by atoms with Gasteiger partial charge in [0, 0.05) is 18.1 Å². The Kier molecular flexibility index (Phi) is 5.04. The molecule has 0 aromatic heterocycles. The van der Waals surface area contributed by atoms with Crippen molar-refractivity contribution < 1.29 is 8.42 Å². The van der Waals surface area contributed by atoms with E-state index in [-0.39, 0.29) is 5.75 Å². The third-order valence-electron chi connectivity index (χ3n) is 2.06. The zero-order valence-electron chi connectivity index (χ0n) is 9.53. The largest absolute Gasteiger partial charge is 0.397 e. The van der Waals surface area contributed by atoms with Crippen molar-refractivity contribution in [3.05, 3.63) is 23.2 Å². The first kappa shape index (κ1) is 14.1. The van der Waals surface area contributed by atoms with E-state index in [1.165, 1.54) is 0 Å². The van der Waals surface area contributed by atoms with Crippen LogP contribution in [0.3, 0.4) is 0 Å². The van der Waals surface area contributed by atoms with Crippen LogP contribution < -0.4 is 15.8 Å². The van der Waals surface area contributed by atoms with Gasteiger partial charge in [-0.25, -0.2) is 13.1 Å². The van der Waals surface area contributed by atoms with E-state index < -0.39 is 10.0 Å². The van der Waals surface area contributed by atoms with Crippen LogP contribution in [0.25, 0.3) is 0 Å². The molecule has 4 N–H and O–H groups in total. The van der Waals surface area contributed by atoms with Gasteiger partial charge in [0.2, 0.25) is 10.0 Å². The van der Waals surface area contributed by atoms with Crippen LogP contribution in [0.4, 0.5) is 11.4 Å². The van der Waals surface area contributed by atoms with Gasteiger partial charge in [-0.3, -0.25) is 0 Å². The predicted octanol–water partition coefficient (Wildman–Crippen LogP) is 1.27. The lowest BCUT2D eigenvalue weighted by atomic mass is 10.3. The Morgan fingerprint density at radius 1 is 1.41 bits per heavy atom. The highest BCUT2D eigenvalue weighted by atomic mass is 35.5. The SMILES string of the molecule is CCNS(=O)(=O)CCNc1ccc(Cl)cc1N. The number of hydrogen-bond acceptors (Lipinski definition) is 4. The Balaban J connectivity index is 2.51. The summed E-state index contributed by atoms with van der Waals surface area (Å²) in [5.41, 5.74) is 6.90. The first-order valence-corrected chi connectivity index (χ1v) is 7.24. The maximum absolute atomic E-state index is 11.4. The van der Waals surface area contributed by atoms with Crippen molar-refractivity contribution >= 4 is 33.0 Å². The molecule has 0 atom stereocenters. The van der Waals surface area contributed by atoms with Crippen LogP contribution in [0.15, 0.2) is 18.2 Å². The maximum Gasteiger partial charge on any atom is 0.213 e. The second-order valence-electron chi connectivity index (χ2n) is 3.48. The summed E-state index contributed by atoms with van der Waals surface area (Å²) in [5.74, 6) is 0.00288. The van der Waals surface area contributed by atoms with Crippen molar-refractivity contribution in [2.45, 2.75) is 6.92 Å². The average molecular weight is 278 g/mol. The van der Waals surface area contributed by atoms with Gasteiger partial charge in [0.1, 0.15) is 0 Å². The van der Waals surface area contributed by atoms with Crippen LogP contribution in [0.5, 0.6) is 0 Å². The Labute approximate surface area is 106 Å². The molecule has 5 nitrogen and oxygen atoms in total. The Hall–Kier alpha value is -0.980. The number of nitrogens with two attached hydrogens (primary N) is 1. The molecular weight excluding hydrogens is 262 g/mol. The highest BCUT2D eigenvalue weighted by molar-refractivity contribution is 7.89. The van der Waals surface area contributed by atoms with E-state index >= 15 is 0 Å². The molecule has 0 aliphatic rings. The Bertz CT molecular complexity index is 476. The molecule has 0 aliphatic carbocycles. The van der Waals surface area contributed by atoms with Gasteiger partial charge >= 0.3 is 0 Å². The minimum absolute atomic E-state index is 0.00288. The van der Waals surface area contributed by atoms with Crippen LogP contribution in [0, 0.1) is 0 Å². The Morgan fingerprint density at radius 2 is 2.12 bits per heavy atom. The number of benzene rings is 1. The molecule has 0 amide bonds. The monoisotopic (exact) mass is 277 g/mol. The number of hydrogen-bond donors (Lipinski definition) is 3. The van der Waals surface area contributed by atoms with Crippen LogP contribution in [0.2, 0.25) is 5.02 Å². The fourth-order valence-corrected chi connectivity index (χ4v) is 2.44. The molecule has 0 aliphatic heterocycles. The first-order chi connectivity index (χ1) is 7.94. The zero-order chi connectivity index (χ0) is 12.9. The molecule has 96 valence electrons. The van der Waals surface area contributed by atoms with Crippen molar-refractivity contribution in [3.63, 3.8) is 0 Å². The fourth-order valence-electron chi connectivity index (χ4n) is 1.31. The van der Waals surface area contributed by atoms with Gasteiger partial charge in [0.25, 0.3) is 0 Å². The molecule has 7 heteroatoms. The molecule has 0 radical (unpaired) electrons. The number of nitrogen functional groups attached to an aromatic ring is 1. The quantitative estimate of drug-likeness (QED) is 0.684. The number of rotatable bonds is 6. The van der Waals surface area contributed by atoms with Crippen LogP contribution in [-0.2, 0) is 10.0 Å². The highest BCUT2D eigenvalue weighted by Crippen LogP contribution is 2.22. The minimum Gasteiger partial charge on any atom is -0.397 e. The molecule has 0 spiro atoms. The lowest BCUT2D eigenvalue weighted by Crippen LogP contribution is -2.29. The average Bonchev–Trinajstić information content (AvgIpc) is 2.21. The molecule has 0 bridgehead atoms. The van der Waals surface area contributed by atoms with Crippen LogP contribution in [-0.4, -0.2) is 27.3 Å². The molecule has 0 unspecified atom stereocenters. The van der Waals surface area contributed by atoms with Gasteiger partial charge < -0.3 is 11.1 Å². The summed E-state index contributed by atoms with van der Waals surface area (Å²) >= 11 is 5.75. The van der Waals surface area contributed by atoms with Gasteiger partial charge in [-0.1, -0.05) is 18.5 Å². The molecule has 0 saturated carbocycles. The third-order valence-corrected chi connectivity index (χ3v) is 3.77. The summed E-state index contributed by atoms with van der Waals surface area (Å²) in [6, 6.07) is 5.03. The van der Waals surface area contributed by atoms with Gasteiger partial charge in [-0.05, 0) is 18.2 Å². The highest BCUT2D eigenvalue weighted by Gasteiger charge is 2.08. The molecule has 0 saturated heterocycles.